The molecule has 2 aliphatic rings. The number of carbonyl (C=O) groups is 1. The van der Waals surface area contributed by atoms with E-state index < -0.39 is 12.1 Å². The van der Waals surface area contributed by atoms with Crippen LogP contribution < -0.4 is 10.6 Å². The molecule has 2 fully saturated rings. The Hall–Kier alpha value is -0.820. The Labute approximate surface area is 122 Å². The van der Waals surface area contributed by atoms with Crippen LogP contribution in [0.1, 0.15) is 32.6 Å². The lowest BCUT2D eigenvalue weighted by molar-refractivity contribution is -0.184. The molecule has 4 atom stereocenters. The van der Waals surface area contributed by atoms with E-state index in [-0.39, 0.29) is 36.8 Å². The quantitative estimate of drug-likeness (QED) is 0.833. The summed E-state index contributed by atoms with van der Waals surface area (Å²) in [5, 5.41) is 5.97. The van der Waals surface area contributed by atoms with Crippen molar-refractivity contribution in [1.29, 1.82) is 0 Å². The third-order valence-corrected chi connectivity index (χ3v) is 4.37. The van der Waals surface area contributed by atoms with Gasteiger partial charge in [-0.3, -0.25) is 4.79 Å². The predicted octanol–water partition coefficient (Wildman–Crippen LogP) is 1.85. The Morgan fingerprint density at radius 1 is 1.29 bits per heavy atom. The van der Waals surface area contributed by atoms with Crippen LogP contribution in [0.5, 0.6) is 0 Å². The highest BCUT2D eigenvalue weighted by molar-refractivity contribution is 5.80. The topological polar surface area (TPSA) is 50.4 Å². The standard InChI is InChI=1S/C14H23F3N2O2/c1-2-18-12-8-21-7-11(12)13(20)19-10-5-3-4-9(6-10)14(15,16)17/h9-12,18H,2-8H2,1H3,(H,19,20). The van der Waals surface area contributed by atoms with Crippen LogP contribution in [0.15, 0.2) is 0 Å². The van der Waals surface area contributed by atoms with Crippen molar-refractivity contribution in [2.45, 2.75) is 50.9 Å². The number of nitrogens with one attached hydrogen (secondary N) is 2. The van der Waals surface area contributed by atoms with Crippen LogP contribution in [0.2, 0.25) is 0 Å². The van der Waals surface area contributed by atoms with Gasteiger partial charge in [0.15, 0.2) is 0 Å². The molecule has 1 amide bonds. The lowest BCUT2D eigenvalue weighted by Gasteiger charge is -2.32. The molecule has 1 aliphatic carbocycles. The van der Waals surface area contributed by atoms with Gasteiger partial charge in [-0.2, -0.15) is 13.2 Å². The first kappa shape index (κ1) is 16.5. The van der Waals surface area contributed by atoms with Gasteiger partial charge in [-0.15, -0.1) is 0 Å². The zero-order chi connectivity index (χ0) is 15.5. The van der Waals surface area contributed by atoms with E-state index in [0.29, 0.717) is 26.1 Å². The minimum absolute atomic E-state index is 0.00527. The molecule has 1 saturated heterocycles. The van der Waals surface area contributed by atoms with Gasteiger partial charge in [0.05, 0.1) is 25.0 Å². The molecule has 4 nitrogen and oxygen atoms in total. The van der Waals surface area contributed by atoms with E-state index >= 15 is 0 Å². The molecule has 1 heterocycles. The van der Waals surface area contributed by atoms with Gasteiger partial charge < -0.3 is 15.4 Å². The Morgan fingerprint density at radius 2 is 2.05 bits per heavy atom. The van der Waals surface area contributed by atoms with E-state index in [0.717, 1.165) is 6.54 Å². The zero-order valence-electron chi connectivity index (χ0n) is 12.2. The van der Waals surface area contributed by atoms with Crippen LogP contribution in [0, 0.1) is 11.8 Å². The van der Waals surface area contributed by atoms with Gasteiger partial charge in [0.1, 0.15) is 0 Å². The van der Waals surface area contributed by atoms with Gasteiger partial charge >= 0.3 is 6.18 Å². The second-order valence-corrected chi connectivity index (χ2v) is 5.92. The Morgan fingerprint density at radius 3 is 2.71 bits per heavy atom. The minimum atomic E-state index is -4.16. The van der Waals surface area contributed by atoms with Crippen LogP contribution in [0.4, 0.5) is 13.2 Å². The number of likely N-dealkylation sites (N-methyl/N-ethyl adjacent to an activating group) is 1. The van der Waals surface area contributed by atoms with E-state index in [9.17, 15) is 18.0 Å². The molecule has 0 bridgehead atoms. The third-order valence-electron chi connectivity index (χ3n) is 4.37. The first-order chi connectivity index (χ1) is 9.91. The molecule has 21 heavy (non-hydrogen) atoms. The summed E-state index contributed by atoms with van der Waals surface area (Å²) in [5.74, 6) is -1.79. The first-order valence-corrected chi connectivity index (χ1v) is 7.60. The first-order valence-electron chi connectivity index (χ1n) is 7.60. The molecule has 0 aromatic rings. The van der Waals surface area contributed by atoms with E-state index in [4.69, 9.17) is 4.74 Å². The summed E-state index contributed by atoms with van der Waals surface area (Å²) >= 11 is 0. The minimum Gasteiger partial charge on any atom is -0.379 e. The highest BCUT2D eigenvalue weighted by Gasteiger charge is 2.43. The molecular formula is C14H23F3N2O2. The fourth-order valence-electron chi connectivity index (χ4n) is 3.20. The SMILES string of the molecule is CCNC1COCC1C(=O)NC1CCCC(C(F)(F)F)C1. The number of carbonyl (C=O) groups excluding carboxylic acids is 1. The number of ether oxygens (including phenoxy) is 1. The highest BCUT2D eigenvalue weighted by atomic mass is 19.4. The smallest absolute Gasteiger partial charge is 0.379 e. The largest absolute Gasteiger partial charge is 0.391 e. The second kappa shape index (κ2) is 6.96. The molecule has 2 N–H and O–H groups in total. The van der Waals surface area contributed by atoms with Gasteiger partial charge in [0, 0.05) is 12.1 Å². The second-order valence-electron chi connectivity index (χ2n) is 5.92. The van der Waals surface area contributed by atoms with Crippen molar-refractivity contribution >= 4 is 5.91 Å². The molecule has 1 aliphatic heterocycles. The van der Waals surface area contributed by atoms with E-state index in [1.807, 2.05) is 6.92 Å². The van der Waals surface area contributed by atoms with Gasteiger partial charge in [0.2, 0.25) is 5.91 Å². The molecule has 4 unspecified atom stereocenters. The maximum atomic E-state index is 12.8. The van der Waals surface area contributed by atoms with Crippen LogP contribution in [0.3, 0.4) is 0 Å². The predicted molar refractivity (Wildman–Crippen MR) is 71.7 cm³/mol. The van der Waals surface area contributed by atoms with Crippen molar-refractivity contribution in [3.8, 4) is 0 Å². The molecule has 0 spiro atoms. The monoisotopic (exact) mass is 308 g/mol. The van der Waals surface area contributed by atoms with Gasteiger partial charge in [-0.1, -0.05) is 13.3 Å². The summed E-state index contributed by atoms with van der Waals surface area (Å²) < 4.78 is 43.6. The summed E-state index contributed by atoms with van der Waals surface area (Å²) in [6, 6.07) is -0.419. The number of amides is 1. The molecule has 0 aromatic heterocycles. The lowest BCUT2D eigenvalue weighted by atomic mass is 9.85. The summed E-state index contributed by atoms with van der Waals surface area (Å²) in [4.78, 5) is 12.2. The van der Waals surface area contributed by atoms with Gasteiger partial charge in [-0.25, -0.2) is 0 Å². The molecule has 0 aromatic carbocycles. The Bertz CT molecular complexity index is 363. The average Bonchev–Trinajstić information content (AvgIpc) is 2.87. The van der Waals surface area contributed by atoms with E-state index in [1.165, 1.54) is 0 Å². The van der Waals surface area contributed by atoms with Crippen LogP contribution in [-0.4, -0.2) is 43.9 Å². The van der Waals surface area contributed by atoms with Gasteiger partial charge in [0.25, 0.3) is 0 Å². The molecule has 122 valence electrons. The molecule has 0 radical (unpaired) electrons. The van der Waals surface area contributed by atoms with Crippen molar-refractivity contribution < 1.29 is 22.7 Å². The van der Waals surface area contributed by atoms with Crippen LogP contribution in [-0.2, 0) is 9.53 Å². The Balaban J connectivity index is 1.87. The summed E-state index contributed by atoms with van der Waals surface area (Å²) in [5.41, 5.74) is 0. The highest BCUT2D eigenvalue weighted by Crippen LogP contribution is 2.37. The molecular weight excluding hydrogens is 285 g/mol. The molecule has 7 heteroatoms. The number of rotatable bonds is 4. The van der Waals surface area contributed by atoms with Gasteiger partial charge in [-0.05, 0) is 25.8 Å². The number of hydrogen-bond acceptors (Lipinski definition) is 3. The normalized spacial score (nSPS) is 33.9. The number of alkyl halides is 3. The van der Waals surface area contributed by atoms with Crippen molar-refractivity contribution in [3.63, 3.8) is 0 Å². The maximum absolute atomic E-state index is 12.8. The zero-order valence-corrected chi connectivity index (χ0v) is 12.2. The lowest BCUT2D eigenvalue weighted by Crippen LogP contribution is -2.48. The summed E-state index contributed by atoms with van der Waals surface area (Å²) in [7, 11) is 0. The van der Waals surface area contributed by atoms with E-state index in [2.05, 4.69) is 10.6 Å². The van der Waals surface area contributed by atoms with Crippen LogP contribution >= 0.6 is 0 Å². The number of hydrogen-bond donors (Lipinski definition) is 2. The van der Waals surface area contributed by atoms with Crippen LogP contribution in [0.25, 0.3) is 0 Å². The Kier molecular flexibility index (Phi) is 5.48. The van der Waals surface area contributed by atoms with Crippen molar-refractivity contribution in [3.05, 3.63) is 0 Å². The van der Waals surface area contributed by atoms with Crippen molar-refractivity contribution in [1.82, 2.24) is 10.6 Å². The average molecular weight is 308 g/mol. The number of halogens is 3. The third kappa shape index (κ3) is 4.32. The fourth-order valence-corrected chi connectivity index (χ4v) is 3.20. The molecule has 2 rings (SSSR count). The molecule has 1 saturated carbocycles. The van der Waals surface area contributed by atoms with Crippen molar-refractivity contribution in [2.24, 2.45) is 11.8 Å². The van der Waals surface area contributed by atoms with E-state index in [1.54, 1.807) is 0 Å². The maximum Gasteiger partial charge on any atom is 0.391 e. The summed E-state index contributed by atoms with van der Waals surface area (Å²) in [6.07, 6.45) is -2.87. The van der Waals surface area contributed by atoms with Crippen molar-refractivity contribution in [2.75, 3.05) is 19.8 Å². The summed E-state index contributed by atoms with van der Waals surface area (Å²) in [6.45, 7) is 3.49. The fraction of sp³-hybridized carbons (Fsp3) is 0.929.